The first-order valence-corrected chi connectivity index (χ1v) is 10.6. The number of piperidine rings is 1. The van der Waals surface area contributed by atoms with Crippen LogP contribution in [0.1, 0.15) is 47.9 Å². The summed E-state index contributed by atoms with van der Waals surface area (Å²) in [6, 6.07) is 0.729. The zero-order valence-electron chi connectivity index (χ0n) is 17.0. The summed E-state index contributed by atoms with van der Waals surface area (Å²) in [5.41, 5.74) is 0.113. The van der Waals surface area contributed by atoms with E-state index in [2.05, 4.69) is 33.9 Å². The van der Waals surface area contributed by atoms with Gasteiger partial charge in [0.1, 0.15) is 0 Å². The Morgan fingerprint density at radius 3 is 2.27 bits per heavy atom. The van der Waals surface area contributed by atoms with Crippen LogP contribution in [0.5, 0.6) is 0 Å². The number of carbonyl (C=O) groups is 1. The maximum atomic E-state index is 11.0. The molecule has 0 aromatic rings. The van der Waals surface area contributed by atoms with Gasteiger partial charge in [-0.1, -0.05) is 6.92 Å². The van der Waals surface area contributed by atoms with E-state index >= 15 is 0 Å². The molecule has 1 amide bonds. The van der Waals surface area contributed by atoms with Crippen molar-refractivity contribution in [1.29, 1.82) is 0 Å². The third kappa shape index (κ3) is 5.18. The summed E-state index contributed by atoms with van der Waals surface area (Å²) in [5.74, 6) is 0.0364. The molecule has 2 atom stereocenters. The molecular weight excluding hydrogens is 328 g/mol. The summed E-state index contributed by atoms with van der Waals surface area (Å²) in [4.78, 5) is 18.9. The fraction of sp³-hybridized carbons (Fsp3) is 0.950. The molecule has 2 unspecified atom stereocenters. The Balaban J connectivity index is 0.00000261. The highest BCUT2D eigenvalue weighted by atomic mass is 16.5. The maximum Gasteiger partial charge on any atom is 0.216 e. The first kappa shape index (κ1) is 20.1. The number of nitrogens with one attached hydrogen (secondary N) is 1. The van der Waals surface area contributed by atoms with Crippen molar-refractivity contribution in [3.05, 3.63) is 0 Å². The van der Waals surface area contributed by atoms with Crippen molar-refractivity contribution in [3.8, 4) is 0 Å². The Kier molecular flexibility index (Phi) is 6.94. The number of nitrogens with zero attached hydrogens (tertiary/aromatic N) is 3. The van der Waals surface area contributed by atoms with Crippen LogP contribution in [-0.4, -0.2) is 97.3 Å². The van der Waals surface area contributed by atoms with Gasteiger partial charge in [-0.15, -0.1) is 0 Å². The molecule has 0 aromatic heterocycles. The fourth-order valence-corrected chi connectivity index (χ4v) is 4.61. The number of hydrogen-bond acceptors (Lipinski definition) is 5. The summed E-state index contributed by atoms with van der Waals surface area (Å²) < 4.78 is 6.15. The minimum atomic E-state index is 0. The highest BCUT2D eigenvalue weighted by Gasteiger charge is 2.46. The molecule has 3 fully saturated rings. The smallest absolute Gasteiger partial charge is 0.216 e. The van der Waals surface area contributed by atoms with Gasteiger partial charge in [0.25, 0.3) is 0 Å². The lowest BCUT2D eigenvalue weighted by Gasteiger charge is -2.52. The van der Waals surface area contributed by atoms with Gasteiger partial charge in [-0.25, -0.2) is 0 Å². The van der Waals surface area contributed by atoms with E-state index in [0.29, 0.717) is 6.54 Å². The van der Waals surface area contributed by atoms with Gasteiger partial charge in [0.15, 0.2) is 0 Å². The number of likely N-dealkylation sites (tertiary alicyclic amines) is 1. The molecule has 26 heavy (non-hydrogen) atoms. The van der Waals surface area contributed by atoms with Gasteiger partial charge in [-0.05, 0) is 26.2 Å². The van der Waals surface area contributed by atoms with E-state index < -0.39 is 0 Å². The van der Waals surface area contributed by atoms with Crippen molar-refractivity contribution in [2.24, 2.45) is 0 Å². The summed E-state index contributed by atoms with van der Waals surface area (Å²) in [6.45, 7) is 16.5. The van der Waals surface area contributed by atoms with Gasteiger partial charge >= 0.3 is 0 Å². The SMILES string of the molecule is CCC(C)N1CCN(CCN2CCC3(CC2)CC(CNC(C)=O)O3)CC1.[HH]. The average Bonchev–Trinajstić information content (AvgIpc) is 2.63. The minimum Gasteiger partial charge on any atom is -0.370 e. The van der Waals surface area contributed by atoms with Crippen molar-refractivity contribution in [1.82, 2.24) is 20.0 Å². The van der Waals surface area contributed by atoms with Gasteiger partial charge in [0.2, 0.25) is 5.91 Å². The summed E-state index contributed by atoms with van der Waals surface area (Å²) in [5, 5.41) is 2.87. The zero-order valence-corrected chi connectivity index (χ0v) is 17.0. The normalized spacial score (nSPS) is 28.7. The molecule has 0 aromatic carbocycles. The molecule has 3 aliphatic heterocycles. The Morgan fingerprint density at radius 2 is 1.73 bits per heavy atom. The third-order valence-corrected chi connectivity index (χ3v) is 6.72. The van der Waals surface area contributed by atoms with Gasteiger partial charge in [-0.2, -0.15) is 0 Å². The number of amides is 1. The van der Waals surface area contributed by atoms with Gasteiger partial charge in [0, 0.05) is 79.7 Å². The van der Waals surface area contributed by atoms with Crippen LogP contribution in [-0.2, 0) is 9.53 Å². The van der Waals surface area contributed by atoms with Crippen LogP contribution in [0.15, 0.2) is 0 Å². The molecule has 1 spiro atoms. The van der Waals surface area contributed by atoms with Crippen LogP contribution in [0.4, 0.5) is 0 Å². The topological polar surface area (TPSA) is 48.0 Å². The molecule has 3 aliphatic rings. The number of rotatable bonds is 7. The first-order chi connectivity index (χ1) is 12.5. The molecule has 0 saturated carbocycles. The van der Waals surface area contributed by atoms with Crippen LogP contribution >= 0.6 is 0 Å². The van der Waals surface area contributed by atoms with E-state index in [1.165, 1.54) is 45.7 Å². The summed E-state index contributed by atoms with van der Waals surface area (Å²) >= 11 is 0. The maximum absolute atomic E-state index is 11.0. The van der Waals surface area contributed by atoms with Crippen LogP contribution in [0.2, 0.25) is 0 Å². The van der Waals surface area contributed by atoms with Crippen molar-refractivity contribution < 1.29 is 11.0 Å². The number of ether oxygens (including phenoxy) is 1. The quantitative estimate of drug-likeness (QED) is 0.736. The monoisotopic (exact) mass is 368 g/mol. The predicted octanol–water partition coefficient (Wildman–Crippen LogP) is 1.41. The second-order valence-electron chi connectivity index (χ2n) is 8.54. The van der Waals surface area contributed by atoms with E-state index in [-0.39, 0.29) is 19.0 Å². The number of hydrogen-bond donors (Lipinski definition) is 1. The molecule has 3 rings (SSSR count). The number of carbonyl (C=O) groups excluding carboxylic acids is 1. The Bertz CT molecular complexity index is 455. The molecule has 152 valence electrons. The largest absolute Gasteiger partial charge is 0.370 e. The highest BCUT2D eigenvalue weighted by molar-refractivity contribution is 5.72. The first-order valence-electron chi connectivity index (χ1n) is 10.6. The minimum absolute atomic E-state index is 0. The standard InChI is InChI=1S/C20H38N4O2.H2/c1-4-17(2)24-13-11-23(12-14-24)10-9-22-7-5-20(6-8-22)15-19(26-20)16-21-18(3)25;/h17,19H,4-16H2,1-3H3,(H,21,25);1H. The lowest BCUT2D eigenvalue weighted by atomic mass is 9.80. The molecule has 3 saturated heterocycles. The van der Waals surface area contributed by atoms with Crippen molar-refractivity contribution in [2.45, 2.75) is 64.2 Å². The van der Waals surface area contributed by atoms with E-state index in [1.54, 1.807) is 6.92 Å². The predicted molar refractivity (Wildman–Crippen MR) is 106 cm³/mol. The van der Waals surface area contributed by atoms with Crippen molar-refractivity contribution in [3.63, 3.8) is 0 Å². The molecule has 0 bridgehead atoms. The Labute approximate surface area is 160 Å². The lowest BCUT2D eigenvalue weighted by molar-refractivity contribution is -0.222. The van der Waals surface area contributed by atoms with Gasteiger partial charge in [-0.3, -0.25) is 14.6 Å². The molecule has 6 nitrogen and oxygen atoms in total. The van der Waals surface area contributed by atoms with Gasteiger partial charge < -0.3 is 15.0 Å². The van der Waals surface area contributed by atoms with Crippen LogP contribution in [0.3, 0.4) is 0 Å². The molecule has 0 radical (unpaired) electrons. The highest BCUT2D eigenvalue weighted by Crippen LogP contribution is 2.40. The average molecular weight is 369 g/mol. The summed E-state index contributed by atoms with van der Waals surface area (Å²) in [6.07, 6.45) is 4.88. The second kappa shape index (κ2) is 9.00. The van der Waals surface area contributed by atoms with E-state index in [1.807, 2.05) is 0 Å². The molecular formula is C20H40N4O2. The molecule has 6 heteroatoms. The van der Waals surface area contributed by atoms with Crippen molar-refractivity contribution >= 4 is 5.91 Å². The second-order valence-corrected chi connectivity index (χ2v) is 8.54. The Morgan fingerprint density at radius 1 is 1.15 bits per heavy atom. The van der Waals surface area contributed by atoms with E-state index in [4.69, 9.17) is 4.74 Å². The third-order valence-electron chi connectivity index (χ3n) is 6.72. The van der Waals surface area contributed by atoms with Crippen molar-refractivity contribution in [2.75, 3.05) is 58.9 Å². The van der Waals surface area contributed by atoms with Crippen LogP contribution in [0.25, 0.3) is 0 Å². The fourth-order valence-electron chi connectivity index (χ4n) is 4.61. The van der Waals surface area contributed by atoms with E-state index in [0.717, 1.165) is 38.4 Å². The van der Waals surface area contributed by atoms with Gasteiger partial charge in [0.05, 0.1) is 11.7 Å². The lowest BCUT2D eigenvalue weighted by Crippen LogP contribution is -2.59. The van der Waals surface area contributed by atoms with Crippen LogP contribution < -0.4 is 5.32 Å². The zero-order chi connectivity index (χ0) is 18.6. The number of piperazine rings is 1. The molecule has 0 aliphatic carbocycles. The van der Waals surface area contributed by atoms with E-state index in [9.17, 15) is 4.79 Å². The molecule has 1 N–H and O–H groups in total. The molecule has 3 heterocycles. The Hall–Kier alpha value is -0.690. The summed E-state index contributed by atoms with van der Waals surface area (Å²) in [7, 11) is 0. The van der Waals surface area contributed by atoms with Crippen LogP contribution in [0, 0.1) is 0 Å².